The van der Waals surface area contributed by atoms with Gasteiger partial charge in [-0.2, -0.15) is 0 Å². The molecule has 1 saturated heterocycles. The van der Waals surface area contributed by atoms with Gasteiger partial charge in [-0.3, -0.25) is 14.5 Å². The van der Waals surface area contributed by atoms with Gasteiger partial charge in [0.2, 0.25) is 11.8 Å². The molecule has 114 valence electrons. The van der Waals surface area contributed by atoms with E-state index in [-0.39, 0.29) is 24.9 Å². The standard InChI is InChI=1S/C15H20ClN3O2/c1-2-3-8-17-9-14(20)18-10-15(21)19(11-18)13-6-4-12(16)5-7-13/h4-7,17H,2-3,8-11H2,1H3. The van der Waals surface area contributed by atoms with Crippen molar-refractivity contribution in [3.05, 3.63) is 29.3 Å². The van der Waals surface area contributed by atoms with Gasteiger partial charge in [0.05, 0.1) is 6.54 Å². The monoisotopic (exact) mass is 309 g/mol. The highest BCUT2D eigenvalue weighted by molar-refractivity contribution is 6.30. The highest BCUT2D eigenvalue weighted by atomic mass is 35.5. The Labute approximate surface area is 129 Å². The third-order valence-corrected chi connectivity index (χ3v) is 3.67. The van der Waals surface area contributed by atoms with Crippen LogP contribution in [0.5, 0.6) is 0 Å². The second-order valence-corrected chi connectivity index (χ2v) is 5.50. The molecular weight excluding hydrogens is 290 g/mol. The van der Waals surface area contributed by atoms with Gasteiger partial charge in [-0.1, -0.05) is 24.9 Å². The van der Waals surface area contributed by atoms with E-state index < -0.39 is 0 Å². The lowest BCUT2D eigenvalue weighted by molar-refractivity contribution is -0.130. The lowest BCUT2D eigenvalue weighted by Gasteiger charge is -2.18. The molecule has 1 aromatic rings. The van der Waals surface area contributed by atoms with Crippen LogP contribution in [0.25, 0.3) is 0 Å². The number of anilines is 1. The van der Waals surface area contributed by atoms with E-state index in [1.807, 2.05) is 0 Å². The fourth-order valence-electron chi connectivity index (χ4n) is 2.17. The van der Waals surface area contributed by atoms with Crippen LogP contribution in [-0.4, -0.2) is 43.0 Å². The maximum atomic E-state index is 12.0. The van der Waals surface area contributed by atoms with Crippen molar-refractivity contribution < 1.29 is 9.59 Å². The molecule has 1 fully saturated rings. The molecule has 0 saturated carbocycles. The van der Waals surface area contributed by atoms with Gasteiger partial charge in [-0.25, -0.2) is 0 Å². The van der Waals surface area contributed by atoms with Crippen molar-refractivity contribution in [1.29, 1.82) is 0 Å². The first-order chi connectivity index (χ1) is 10.1. The van der Waals surface area contributed by atoms with Crippen LogP contribution in [0.1, 0.15) is 19.8 Å². The topological polar surface area (TPSA) is 52.7 Å². The molecule has 1 aromatic carbocycles. The van der Waals surface area contributed by atoms with Crippen molar-refractivity contribution in [2.75, 3.05) is 31.2 Å². The molecule has 2 rings (SSSR count). The zero-order valence-electron chi connectivity index (χ0n) is 12.1. The highest BCUT2D eigenvalue weighted by Crippen LogP contribution is 2.21. The zero-order chi connectivity index (χ0) is 15.2. The molecule has 1 aliphatic heterocycles. The van der Waals surface area contributed by atoms with Crippen LogP contribution in [0.2, 0.25) is 5.02 Å². The van der Waals surface area contributed by atoms with E-state index in [9.17, 15) is 9.59 Å². The smallest absolute Gasteiger partial charge is 0.248 e. The number of halogens is 1. The zero-order valence-corrected chi connectivity index (χ0v) is 12.9. The van der Waals surface area contributed by atoms with Crippen molar-refractivity contribution >= 4 is 29.1 Å². The third-order valence-electron chi connectivity index (χ3n) is 3.41. The van der Waals surface area contributed by atoms with Crippen molar-refractivity contribution in [2.45, 2.75) is 19.8 Å². The number of unbranched alkanes of at least 4 members (excludes halogenated alkanes) is 1. The van der Waals surface area contributed by atoms with Gasteiger partial charge in [-0.15, -0.1) is 0 Å². The number of benzene rings is 1. The van der Waals surface area contributed by atoms with Crippen molar-refractivity contribution in [2.24, 2.45) is 0 Å². The number of carbonyl (C=O) groups excluding carboxylic acids is 2. The van der Waals surface area contributed by atoms with Crippen molar-refractivity contribution in [3.63, 3.8) is 0 Å². The Kier molecular flexibility index (Phi) is 5.59. The summed E-state index contributed by atoms with van der Waals surface area (Å²) in [6.07, 6.45) is 2.14. The molecule has 5 nitrogen and oxygen atoms in total. The van der Waals surface area contributed by atoms with E-state index in [2.05, 4.69) is 12.2 Å². The normalized spacial score (nSPS) is 14.9. The van der Waals surface area contributed by atoms with Gasteiger partial charge >= 0.3 is 0 Å². The van der Waals surface area contributed by atoms with Crippen LogP contribution < -0.4 is 10.2 Å². The third kappa shape index (κ3) is 4.19. The molecule has 1 aliphatic rings. The Bertz CT molecular complexity index is 504. The Balaban J connectivity index is 1.90. The van der Waals surface area contributed by atoms with E-state index in [4.69, 9.17) is 11.6 Å². The summed E-state index contributed by atoms with van der Waals surface area (Å²) in [7, 11) is 0. The average molecular weight is 310 g/mol. The molecule has 0 aliphatic carbocycles. The fourth-order valence-corrected chi connectivity index (χ4v) is 2.30. The summed E-state index contributed by atoms with van der Waals surface area (Å²) < 4.78 is 0. The molecule has 0 radical (unpaired) electrons. The van der Waals surface area contributed by atoms with Gasteiger partial charge in [0.1, 0.15) is 13.2 Å². The number of nitrogens with one attached hydrogen (secondary N) is 1. The first-order valence-corrected chi connectivity index (χ1v) is 7.54. The van der Waals surface area contributed by atoms with E-state index in [0.717, 1.165) is 25.1 Å². The number of nitrogens with zero attached hydrogens (tertiary/aromatic N) is 2. The predicted octanol–water partition coefficient (Wildman–Crippen LogP) is 1.86. The summed E-state index contributed by atoms with van der Waals surface area (Å²) >= 11 is 5.84. The molecule has 0 unspecified atom stereocenters. The molecule has 0 atom stereocenters. The quantitative estimate of drug-likeness (QED) is 0.816. The number of rotatable bonds is 6. The van der Waals surface area contributed by atoms with E-state index >= 15 is 0 Å². The second-order valence-electron chi connectivity index (χ2n) is 5.06. The lowest BCUT2D eigenvalue weighted by Crippen LogP contribution is -2.38. The van der Waals surface area contributed by atoms with Crippen molar-refractivity contribution in [1.82, 2.24) is 10.2 Å². The first-order valence-electron chi connectivity index (χ1n) is 7.16. The molecule has 0 spiro atoms. The van der Waals surface area contributed by atoms with Crippen LogP contribution in [0, 0.1) is 0 Å². The Morgan fingerprint density at radius 1 is 1.33 bits per heavy atom. The number of hydrogen-bond donors (Lipinski definition) is 1. The summed E-state index contributed by atoms with van der Waals surface area (Å²) in [6.45, 7) is 3.64. The fraction of sp³-hybridized carbons (Fsp3) is 0.467. The summed E-state index contributed by atoms with van der Waals surface area (Å²) in [4.78, 5) is 27.2. The van der Waals surface area contributed by atoms with Gasteiger partial charge in [0.25, 0.3) is 0 Å². The second kappa shape index (κ2) is 7.43. The molecule has 2 amide bonds. The maximum absolute atomic E-state index is 12.0. The van der Waals surface area contributed by atoms with Gasteiger partial charge in [0, 0.05) is 10.7 Å². The van der Waals surface area contributed by atoms with E-state index in [1.54, 1.807) is 34.1 Å². The maximum Gasteiger partial charge on any atom is 0.248 e. The first kappa shape index (κ1) is 15.8. The SMILES string of the molecule is CCCCNCC(=O)N1CC(=O)N(c2ccc(Cl)cc2)C1. The van der Waals surface area contributed by atoms with Gasteiger partial charge < -0.3 is 10.2 Å². The van der Waals surface area contributed by atoms with Gasteiger partial charge in [0.15, 0.2) is 0 Å². The Morgan fingerprint density at radius 3 is 2.71 bits per heavy atom. The minimum absolute atomic E-state index is 0.0454. The average Bonchev–Trinajstić information content (AvgIpc) is 2.86. The molecule has 1 N–H and O–H groups in total. The van der Waals surface area contributed by atoms with Crippen molar-refractivity contribution in [3.8, 4) is 0 Å². The highest BCUT2D eigenvalue weighted by Gasteiger charge is 2.31. The lowest BCUT2D eigenvalue weighted by atomic mass is 10.3. The van der Waals surface area contributed by atoms with Gasteiger partial charge in [-0.05, 0) is 37.2 Å². The minimum Gasteiger partial charge on any atom is -0.314 e. The van der Waals surface area contributed by atoms with Crippen LogP contribution in [0.4, 0.5) is 5.69 Å². The summed E-state index contributed by atoms with van der Waals surface area (Å²) in [5, 5.41) is 3.72. The van der Waals surface area contributed by atoms with E-state index in [0.29, 0.717) is 11.7 Å². The summed E-state index contributed by atoms with van der Waals surface area (Å²) in [5.74, 6) is -0.116. The molecule has 21 heavy (non-hydrogen) atoms. The molecule has 0 aromatic heterocycles. The van der Waals surface area contributed by atoms with Crippen LogP contribution >= 0.6 is 11.6 Å². The van der Waals surface area contributed by atoms with Crippen LogP contribution in [0.15, 0.2) is 24.3 Å². The predicted molar refractivity (Wildman–Crippen MR) is 83.3 cm³/mol. The largest absolute Gasteiger partial charge is 0.314 e. The minimum atomic E-state index is -0.0702. The molecule has 6 heteroatoms. The summed E-state index contributed by atoms with van der Waals surface area (Å²) in [6, 6.07) is 7.04. The number of amides is 2. The van der Waals surface area contributed by atoms with Crippen LogP contribution in [-0.2, 0) is 9.59 Å². The van der Waals surface area contributed by atoms with E-state index in [1.165, 1.54) is 0 Å². The molecule has 0 bridgehead atoms. The number of carbonyl (C=O) groups is 2. The summed E-state index contributed by atoms with van der Waals surface area (Å²) in [5.41, 5.74) is 0.763. The van der Waals surface area contributed by atoms with Crippen LogP contribution in [0.3, 0.4) is 0 Å². The Hall–Kier alpha value is -1.59. The molecular formula is C15H20ClN3O2. The number of hydrogen-bond acceptors (Lipinski definition) is 3. The Morgan fingerprint density at radius 2 is 2.05 bits per heavy atom. The molecule has 1 heterocycles.